The van der Waals surface area contributed by atoms with Crippen LogP contribution in [0.1, 0.15) is 32.6 Å². The van der Waals surface area contributed by atoms with Crippen LogP contribution in [-0.2, 0) is 0 Å². The Morgan fingerprint density at radius 1 is 1.50 bits per heavy atom. The molecular formula is C9H19NOS. The van der Waals surface area contributed by atoms with Crippen molar-refractivity contribution in [3.63, 3.8) is 0 Å². The SMILES string of the molecule is CC(CN)SCC1(O)CCCC1. The summed E-state index contributed by atoms with van der Waals surface area (Å²) >= 11 is 1.80. The Balaban J connectivity index is 2.21. The van der Waals surface area contributed by atoms with E-state index >= 15 is 0 Å². The van der Waals surface area contributed by atoms with Gasteiger partial charge < -0.3 is 10.8 Å². The molecule has 0 radical (unpaired) electrons. The normalized spacial score (nSPS) is 24.2. The molecule has 1 aliphatic rings. The van der Waals surface area contributed by atoms with E-state index < -0.39 is 0 Å². The van der Waals surface area contributed by atoms with Crippen LogP contribution in [0, 0.1) is 0 Å². The Bertz CT molecular complexity index is 134. The second-order valence-electron chi connectivity index (χ2n) is 3.79. The highest BCUT2D eigenvalue weighted by Crippen LogP contribution is 2.33. The minimum atomic E-state index is -0.367. The van der Waals surface area contributed by atoms with Gasteiger partial charge >= 0.3 is 0 Å². The molecule has 0 aliphatic heterocycles. The fraction of sp³-hybridized carbons (Fsp3) is 1.00. The molecular weight excluding hydrogens is 170 g/mol. The lowest BCUT2D eigenvalue weighted by molar-refractivity contribution is 0.0732. The molecule has 0 amide bonds. The maximum Gasteiger partial charge on any atom is 0.0737 e. The first-order valence-corrected chi connectivity index (χ1v) is 5.75. The fourth-order valence-corrected chi connectivity index (χ4v) is 2.56. The summed E-state index contributed by atoms with van der Waals surface area (Å²) in [5, 5.41) is 10.5. The number of hydrogen-bond donors (Lipinski definition) is 2. The van der Waals surface area contributed by atoms with Gasteiger partial charge in [0, 0.05) is 17.5 Å². The first kappa shape index (κ1) is 10.4. The van der Waals surface area contributed by atoms with Gasteiger partial charge in [-0.05, 0) is 12.8 Å². The fourth-order valence-electron chi connectivity index (χ4n) is 1.54. The summed E-state index contributed by atoms with van der Waals surface area (Å²) in [5.41, 5.74) is 5.13. The average molecular weight is 189 g/mol. The van der Waals surface area contributed by atoms with Crippen LogP contribution in [0.4, 0.5) is 0 Å². The summed E-state index contributed by atoms with van der Waals surface area (Å²) in [6, 6.07) is 0. The van der Waals surface area contributed by atoms with Crippen LogP contribution in [0.2, 0.25) is 0 Å². The summed E-state index contributed by atoms with van der Waals surface area (Å²) in [5.74, 6) is 0.866. The zero-order valence-electron chi connectivity index (χ0n) is 7.75. The first-order chi connectivity index (χ1) is 5.66. The van der Waals surface area contributed by atoms with Crippen LogP contribution in [-0.4, -0.2) is 28.3 Å². The lowest BCUT2D eigenvalue weighted by Crippen LogP contribution is -2.29. The third-order valence-corrected chi connectivity index (χ3v) is 3.97. The van der Waals surface area contributed by atoms with Gasteiger partial charge in [0.25, 0.3) is 0 Å². The van der Waals surface area contributed by atoms with Crippen LogP contribution >= 0.6 is 11.8 Å². The predicted molar refractivity (Wildman–Crippen MR) is 54.4 cm³/mol. The summed E-state index contributed by atoms with van der Waals surface area (Å²) in [6.45, 7) is 2.82. The average Bonchev–Trinajstić information content (AvgIpc) is 2.49. The Hall–Kier alpha value is 0.270. The molecule has 1 rings (SSSR count). The molecule has 1 aliphatic carbocycles. The number of hydrogen-bond acceptors (Lipinski definition) is 3. The van der Waals surface area contributed by atoms with E-state index in [-0.39, 0.29) is 5.60 Å². The van der Waals surface area contributed by atoms with Crippen molar-refractivity contribution in [2.24, 2.45) is 5.73 Å². The van der Waals surface area contributed by atoms with Crippen LogP contribution < -0.4 is 5.73 Å². The zero-order chi connectivity index (χ0) is 9.03. The van der Waals surface area contributed by atoms with Gasteiger partial charge in [-0.1, -0.05) is 19.8 Å². The van der Waals surface area contributed by atoms with E-state index in [1.54, 1.807) is 11.8 Å². The van der Waals surface area contributed by atoms with Crippen molar-refractivity contribution in [3.05, 3.63) is 0 Å². The maximum absolute atomic E-state index is 9.97. The van der Waals surface area contributed by atoms with Crippen LogP contribution in [0.5, 0.6) is 0 Å². The van der Waals surface area contributed by atoms with Crippen molar-refractivity contribution < 1.29 is 5.11 Å². The quantitative estimate of drug-likeness (QED) is 0.702. The van der Waals surface area contributed by atoms with E-state index in [0.29, 0.717) is 11.8 Å². The van der Waals surface area contributed by atoms with Crippen LogP contribution in [0.25, 0.3) is 0 Å². The van der Waals surface area contributed by atoms with E-state index in [1.165, 1.54) is 12.8 Å². The van der Waals surface area contributed by atoms with Crippen molar-refractivity contribution in [2.75, 3.05) is 12.3 Å². The minimum absolute atomic E-state index is 0.367. The molecule has 1 fully saturated rings. The van der Waals surface area contributed by atoms with Gasteiger partial charge in [-0.15, -0.1) is 0 Å². The molecule has 1 unspecified atom stereocenters. The smallest absolute Gasteiger partial charge is 0.0737 e. The van der Waals surface area contributed by atoms with Crippen molar-refractivity contribution in [2.45, 2.75) is 43.5 Å². The molecule has 0 saturated heterocycles. The minimum Gasteiger partial charge on any atom is -0.389 e. The molecule has 0 bridgehead atoms. The Kier molecular flexibility index (Phi) is 3.87. The highest BCUT2D eigenvalue weighted by Gasteiger charge is 2.31. The van der Waals surface area contributed by atoms with Crippen LogP contribution in [0.3, 0.4) is 0 Å². The molecule has 1 saturated carbocycles. The third-order valence-electron chi connectivity index (χ3n) is 2.50. The van der Waals surface area contributed by atoms with Gasteiger partial charge in [-0.25, -0.2) is 0 Å². The molecule has 3 heteroatoms. The number of aliphatic hydroxyl groups is 1. The topological polar surface area (TPSA) is 46.2 Å². The molecule has 3 N–H and O–H groups in total. The molecule has 1 atom stereocenters. The molecule has 72 valence electrons. The second kappa shape index (κ2) is 4.49. The Morgan fingerprint density at radius 3 is 2.58 bits per heavy atom. The highest BCUT2D eigenvalue weighted by molar-refractivity contribution is 7.99. The Morgan fingerprint density at radius 2 is 2.08 bits per heavy atom. The van der Waals surface area contributed by atoms with E-state index in [9.17, 15) is 5.11 Å². The van der Waals surface area contributed by atoms with Gasteiger partial charge in [0.1, 0.15) is 0 Å². The largest absolute Gasteiger partial charge is 0.389 e. The maximum atomic E-state index is 9.97. The van der Waals surface area contributed by atoms with Gasteiger partial charge in [-0.3, -0.25) is 0 Å². The summed E-state index contributed by atoms with van der Waals surface area (Å²) in [4.78, 5) is 0. The molecule has 2 nitrogen and oxygen atoms in total. The molecule has 12 heavy (non-hydrogen) atoms. The summed E-state index contributed by atoms with van der Waals surface area (Å²) in [7, 11) is 0. The van der Waals surface area contributed by atoms with Gasteiger partial charge in [0.2, 0.25) is 0 Å². The highest BCUT2D eigenvalue weighted by atomic mass is 32.2. The van der Waals surface area contributed by atoms with Crippen molar-refractivity contribution in [1.82, 2.24) is 0 Å². The Labute approximate surface area is 78.9 Å². The van der Waals surface area contributed by atoms with Gasteiger partial charge in [-0.2, -0.15) is 11.8 Å². The summed E-state index contributed by atoms with van der Waals surface area (Å²) < 4.78 is 0. The van der Waals surface area contributed by atoms with Crippen molar-refractivity contribution in [3.8, 4) is 0 Å². The van der Waals surface area contributed by atoms with Crippen molar-refractivity contribution in [1.29, 1.82) is 0 Å². The van der Waals surface area contributed by atoms with Gasteiger partial charge in [0.15, 0.2) is 0 Å². The number of nitrogens with two attached hydrogens (primary N) is 1. The zero-order valence-corrected chi connectivity index (χ0v) is 8.57. The monoisotopic (exact) mass is 189 g/mol. The summed E-state index contributed by atoms with van der Waals surface area (Å²) in [6.07, 6.45) is 4.34. The van der Waals surface area contributed by atoms with Crippen LogP contribution in [0.15, 0.2) is 0 Å². The first-order valence-electron chi connectivity index (χ1n) is 4.70. The van der Waals surface area contributed by atoms with Crippen molar-refractivity contribution >= 4 is 11.8 Å². The predicted octanol–water partition coefficient (Wildman–Crippen LogP) is 1.37. The van der Waals surface area contributed by atoms with Gasteiger partial charge in [0.05, 0.1) is 5.60 Å². The number of rotatable bonds is 4. The lowest BCUT2D eigenvalue weighted by Gasteiger charge is -2.22. The standard InChI is InChI=1S/C9H19NOS/c1-8(6-10)12-7-9(11)4-2-3-5-9/h8,11H,2-7,10H2,1H3. The molecule has 0 heterocycles. The van der Waals surface area contributed by atoms with E-state index in [2.05, 4.69) is 6.92 Å². The molecule has 0 aromatic heterocycles. The molecule has 0 aromatic rings. The molecule has 0 aromatic carbocycles. The third kappa shape index (κ3) is 2.96. The molecule has 0 spiro atoms. The van der Waals surface area contributed by atoms with E-state index in [4.69, 9.17) is 5.73 Å². The number of thioether (sulfide) groups is 1. The van der Waals surface area contributed by atoms with E-state index in [1.807, 2.05) is 0 Å². The van der Waals surface area contributed by atoms with E-state index in [0.717, 1.165) is 18.6 Å². The second-order valence-corrected chi connectivity index (χ2v) is 5.22. The lowest BCUT2D eigenvalue weighted by atomic mass is 10.1.